The van der Waals surface area contributed by atoms with Crippen LogP contribution in [0, 0.1) is 5.92 Å². The van der Waals surface area contributed by atoms with Crippen LogP contribution in [0.25, 0.3) is 0 Å². The second kappa shape index (κ2) is 12.8. The van der Waals surface area contributed by atoms with Gasteiger partial charge in [-0.25, -0.2) is 4.79 Å². The number of nitrogens with zero attached hydrogens (tertiary/aromatic N) is 1. The highest BCUT2D eigenvalue weighted by atomic mass is 32.2. The molecule has 0 aliphatic carbocycles. The van der Waals surface area contributed by atoms with Crippen molar-refractivity contribution < 1.29 is 29.4 Å². The van der Waals surface area contributed by atoms with Crippen LogP contribution >= 0.6 is 11.8 Å². The molecule has 5 atom stereocenters. The molecule has 0 bridgehead atoms. The summed E-state index contributed by atoms with van der Waals surface area (Å²) in [5.74, 6) is -2.36. The van der Waals surface area contributed by atoms with E-state index in [-0.39, 0.29) is 18.2 Å². The summed E-state index contributed by atoms with van der Waals surface area (Å²) in [7, 11) is 0. The maximum Gasteiger partial charge on any atom is 0.326 e. The fourth-order valence-corrected chi connectivity index (χ4v) is 3.69. The topological polar surface area (TPSA) is 162 Å². The Kier molecular flexibility index (Phi) is 11.1. The zero-order valence-corrected chi connectivity index (χ0v) is 18.6. The molecule has 1 fully saturated rings. The van der Waals surface area contributed by atoms with Gasteiger partial charge < -0.3 is 31.5 Å². The zero-order valence-electron chi connectivity index (χ0n) is 17.8. The van der Waals surface area contributed by atoms with Crippen molar-refractivity contribution >= 4 is 35.5 Å². The van der Waals surface area contributed by atoms with Gasteiger partial charge in [-0.1, -0.05) is 20.3 Å². The molecule has 1 saturated heterocycles. The van der Waals surface area contributed by atoms with Crippen molar-refractivity contribution in [1.29, 1.82) is 0 Å². The second-order valence-electron chi connectivity index (χ2n) is 7.53. The highest BCUT2D eigenvalue weighted by Gasteiger charge is 2.38. The van der Waals surface area contributed by atoms with Crippen LogP contribution in [-0.2, 0) is 19.2 Å². The number of aliphatic hydroxyl groups is 1. The first-order valence-corrected chi connectivity index (χ1v) is 11.6. The van der Waals surface area contributed by atoms with Crippen LogP contribution in [-0.4, -0.2) is 88.1 Å². The van der Waals surface area contributed by atoms with Gasteiger partial charge in [-0.2, -0.15) is 11.8 Å². The van der Waals surface area contributed by atoms with E-state index >= 15 is 0 Å². The number of amides is 3. The van der Waals surface area contributed by atoms with E-state index in [0.717, 1.165) is 6.42 Å². The molecule has 1 heterocycles. The van der Waals surface area contributed by atoms with Crippen molar-refractivity contribution in [2.45, 2.75) is 63.7 Å². The van der Waals surface area contributed by atoms with Crippen molar-refractivity contribution in [2.24, 2.45) is 11.7 Å². The van der Waals surface area contributed by atoms with E-state index in [1.165, 1.54) is 16.7 Å². The molecule has 0 aromatic rings. The fourth-order valence-electron chi connectivity index (χ4n) is 3.22. The van der Waals surface area contributed by atoms with Gasteiger partial charge in [-0.15, -0.1) is 0 Å². The van der Waals surface area contributed by atoms with Crippen molar-refractivity contribution in [3.63, 3.8) is 0 Å². The number of nitrogens with two attached hydrogens (primary N) is 1. The van der Waals surface area contributed by atoms with E-state index in [0.29, 0.717) is 25.1 Å². The van der Waals surface area contributed by atoms with E-state index < -0.39 is 48.6 Å². The standard InChI is InChI=1S/C19H34N4O6S/c1-4-11(2)15(20)18(27)23-8-5-6-14(23)17(26)22-13(10-24)16(25)21-12(19(28)29)7-9-30-3/h11-15,24H,4-10,20H2,1-3H3,(H,21,25)(H,22,26)(H,28,29). The monoisotopic (exact) mass is 446 g/mol. The number of carboxylic acids is 1. The maximum atomic E-state index is 12.7. The van der Waals surface area contributed by atoms with Crippen LogP contribution in [0.3, 0.4) is 0 Å². The zero-order chi connectivity index (χ0) is 22.8. The van der Waals surface area contributed by atoms with Gasteiger partial charge in [0.1, 0.15) is 18.1 Å². The third-order valence-electron chi connectivity index (χ3n) is 5.42. The molecule has 1 aliphatic heterocycles. The Hall–Kier alpha value is -1.85. The van der Waals surface area contributed by atoms with Gasteiger partial charge in [0.2, 0.25) is 17.7 Å². The lowest BCUT2D eigenvalue weighted by Gasteiger charge is -2.29. The number of aliphatic hydroxyl groups excluding tert-OH is 1. The average molecular weight is 447 g/mol. The molecule has 10 nitrogen and oxygen atoms in total. The smallest absolute Gasteiger partial charge is 0.326 e. The molecule has 11 heteroatoms. The van der Waals surface area contributed by atoms with E-state index in [9.17, 15) is 29.4 Å². The van der Waals surface area contributed by atoms with Crippen LogP contribution in [0.15, 0.2) is 0 Å². The molecular weight excluding hydrogens is 412 g/mol. The lowest BCUT2D eigenvalue weighted by molar-refractivity contribution is -0.143. The Morgan fingerprint density at radius 2 is 1.90 bits per heavy atom. The van der Waals surface area contributed by atoms with Crippen LogP contribution < -0.4 is 16.4 Å². The van der Waals surface area contributed by atoms with Crippen molar-refractivity contribution in [3.05, 3.63) is 0 Å². The second-order valence-corrected chi connectivity index (χ2v) is 8.51. The molecule has 1 aliphatic rings. The van der Waals surface area contributed by atoms with Crippen LogP contribution in [0.5, 0.6) is 0 Å². The number of carbonyl (C=O) groups excluding carboxylic acids is 3. The predicted molar refractivity (Wildman–Crippen MR) is 114 cm³/mol. The van der Waals surface area contributed by atoms with Crippen LogP contribution in [0.1, 0.15) is 39.5 Å². The molecule has 6 N–H and O–H groups in total. The Labute approximate surface area is 181 Å². The third kappa shape index (κ3) is 7.13. The number of carboxylic acid groups (broad SMARTS) is 1. The van der Waals surface area contributed by atoms with Gasteiger partial charge in [0, 0.05) is 6.54 Å². The summed E-state index contributed by atoms with van der Waals surface area (Å²) in [6, 6.07) is -3.92. The number of nitrogens with one attached hydrogen (secondary N) is 2. The molecule has 3 amide bonds. The minimum atomic E-state index is -1.31. The molecule has 172 valence electrons. The Bertz CT molecular complexity index is 620. The number of rotatable bonds is 12. The highest BCUT2D eigenvalue weighted by Crippen LogP contribution is 2.20. The third-order valence-corrected chi connectivity index (χ3v) is 6.07. The van der Waals surface area contributed by atoms with Crippen molar-refractivity contribution in [3.8, 4) is 0 Å². The van der Waals surface area contributed by atoms with Gasteiger partial charge in [0.15, 0.2) is 0 Å². The lowest BCUT2D eigenvalue weighted by atomic mass is 9.98. The van der Waals surface area contributed by atoms with Crippen molar-refractivity contribution in [1.82, 2.24) is 15.5 Å². The number of thioether (sulfide) groups is 1. The summed E-state index contributed by atoms with van der Waals surface area (Å²) in [6.07, 6.45) is 3.82. The Morgan fingerprint density at radius 1 is 1.23 bits per heavy atom. The minimum absolute atomic E-state index is 0.0352. The van der Waals surface area contributed by atoms with Crippen molar-refractivity contribution in [2.75, 3.05) is 25.2 Å². The molecule has 0 saturated carbocycles. The highest BCUT2D eigenvalue weighted by molar-refractivity contribution is 7.98. The van der Waals surface area contributed by atoms with Crippen LogP contribution in [0.4, 0.5) is 0 Å². The number of likely N-dealkylation sites (tertiary alicyclic amines) is 1. The van der Waals surface area contributed by atoms with Gasteiger partial charge >= 0.3 is 5.97 Å². The number of hydrogen-bond acceptors (Lipinski definition) is 7. The maximum absolute atomic E-state index is 12.7. The first-order chi connectivity index (χ1) is 14.2. The average Bonchev–Trinajstić information content (AvgIpc) is 3.22. The van der Waals surface area contributed by atoms with E-state index in [4.69, 9.17) is 5.73 Å². The minimum Gasteiger partial charge on any atom is -0.480 e. The summed E-state index contributed by atoms with van der Waals surface area (Å²) < 4.78 is 0. The Morgan fingerprint density at radius 3 is 2.43 bits per heavy atom. The molecule has 0 spiro atoms. The summed E-state index contributed by atoms with van der Waals surface area (Å²) >= 11 is 1.44. The molecule has 5 unspecified atom stereocenters. The van der Waals surface area contributed by atoms with Crippen LogP contribution in [0.2, 0.25) is 0 Å². The number of carbonyl (C=O) groups is 4. The van der Waals surface area contributed by atoms with E-state index in [2.05, 4.69) is 10.6 Å². The van der Waals surface area contributed by atoms with E-state index in [1.54, 1.807) is 0 Å². The molecule has 1 rings (SSSR count). The SMILES string of the molecule is CCC(C)C(N)C(=O)N1CCCC1C(=O)NC(CO)C(=O)NC(CCSC)C(=O)O. The molecule has 30 heavy (non-hydrogen) atoms. The largest absolute Gasteiger partial charge is 0.480 e. The lowest BCUT2D eigenvalue weighted by Crippen LogP contribution is -2.58. The fraction of sp³-hybridized carbons (Fsp3) is 0.789. The van der Waals surface area contributed by atoms with Gasteiger partial charge in [-0.05, 0) is 37.2 Å². The molecule has 0 aromatic carbocycles. The van der Waals surface area contributed by atoms with Gasteiger partial charge in [0.25, 0.3) is 0 Å². The molecule has 0 aromatic heterocycles. The normalized spacial score (nSPS) is 20.2. The molecular formula is C19H34N4O6S. The Balaban J connectivity index is 2.78. The molecule has 0 radical (unpaired) electrons. The summed E-state index contributed by atoms with van der Waals surface area (Å²) in [5.41, 5.74) is 6.03. The van der Waals surface area contributed by atoms with E-state index in [1.807, 2.05) is 20.1 Å². The predicted octanol–water partition coefficient (Wildman–Crippen LogP) is -0.850. The number of hydrogen-bond donors (Lipinski definition) is 5. The quantitative estimate of drug-likeness (QED) is 0.259. The van der Waals surface area contributed by atoms with Gasteiger partial charge in [-0.3, -0.25) is 14.4 Å². The summed E-state index contributed by atoms with van der Waals surface area (Å²) in [5, 5.41) is 23.6. The summed E-state index contributed by atoms with van der Waals surface area (Å²) in [6.45, 7) is 3.50. The first kappa shape index (κ1) is 26.2. The number of aliphatic carboxylic acids is 1. The summed E-state index contributed by atoms with van der Waals surface area (Å²) in [4.78, 5) is 50.6. The van der Waals surface area contributed by atoms with Gasteiger partial charge in [0.05, 0.1) is 12.6 Å². The first-order valence-electron chi connectivity index (χ1n) is 10.2.